The number of rotatable bonds is 4. The maximum absolute atomic E-state index is 12.5. The summed E-state index contributed by atoms with van der Waals surface area (Å²) in [5, 5.41) is 3.23. The number of ether oxygens (including phenoxy) is 1. The van der Waals surface area contributed by atoms with Gasteiger partial charge >= 0.3 is 0 Å². The Morgan fingerprint density at radius 1 is 1.46 bits per heavy atom. The van der Waals surface area contributed by atoms with E-state index < -0.39 is 0 Å². The van der Waals surface area contributed by atoms with E-state index in [2.05, 4.69) is 34.3 Å². The van der Waals surface area contributed by atoms with E-state index in [0.29, 0.717) is 12.3 Å². The first-order chi connectivity index (χ1) is 11.5. The molecule has 0 spiro atoms. The van der Waals surface area contributed by atoms with Gasteiger partial charge in [-0.1, -0.05) is 6.07 Å². The van der Waals surface area contributed by atoms with Crippen LogP contribution in [0.1, 0.15) is 17.8 Å². The van der Waals surface area contributed by atoms with Crippen molar-refractivity contribution in [1.82, 2.24) is 20.2 Å². The van der Waals surface area contributed by atoms with Crippen molar-refractivity contribution in [2.24, 2.45) is 5.92 Å². The standard InChI is InChI=1S/C18H24N4O2/c1-10-19-13-5-4-11(8-14(13)20-10)9-15(23)21-16-12-6-7-24-18(12)17(16)22(2)3/h4-5,8,12,16-18H,6-7,9H2,1-3H3,(H,19,20)(H,21,23)/t12-,16+,17-,18-/m0/s1. The number of hydrogen-bond donors (Lipinski definition) is 2. The molecule has 24 heavy (non-hydrogen) atoms. The molecule has 2 aromatic rings. The first kappa shape index (κ1) is 15.6. The van der Waals surface area contributed by atoms with E-state index in [1.54, 1.807) is 0 Å². The molecule has 1 saturated carbocycles. The Kier molecular flexibility index (Phi) is 3.81. The summed E-state index contributed by atoms with van der Waals surface area (Å²) < 4.78 is 5.80. The lowest BCUT2D eigenvalue weighted by molar-refractivity contribution is -0.127. The first-order valence-electron chi connectivity index (χ1n) is 8.55. The molecule has 1 saturated heterocycles. The SMILES string of the molecule is Cc1nc2ccc(CC(=O)N[C@@H]3[C@@H]4CCO[C@@H]4[C@H]3N(C)C)cc2[nH]1. The number of nitrogens with zero attached hydrogens (tertiary/aromatic N) is 2. The van der Waals surface area contributed by atoms with Gasteiger partial charge in [0, 0.05) is 12.5 Å². The van der Waals surface area contributed by atoms with E-state index in [-0.39, 0.29) is 24.1 Å². The number of likely N-dealkylation sites (N-methyl/N-ethyl adjacent to an activating group) is 1. The van der Waals surface area contributed by atoms with Gasteiger partial charge in [0.1, 0.15) is 5.82 Å². The number of hydrogen-bond acceptors (Lipinski definition) is 4. The zero-order valence-corrected chi connectivity index (χ0v) is 14.4. The van der Waals surface area contributed by atoms with Gasteiger partial charge in [0.05, 0.1) is 35.6 Å². The van der Waals surface area contributed by atoms with E-state index >= 15 is 0 Å². The van der Waals surface area contributed by atoms with E-state index in [1.165, 1.54) is 0 Å². The Morgan fingerprint density at radius 3 is 3.08 bits per heavy atom. The summed E-state index contributed by atoms with van der Waals surface area (Å²) in [4.78, 5) is 22.3. The lowest BCUT2D eigenvalue weighted by Gasteiger charge is -2.50. The van der Waals surface area contributed by atoms with Gasteiger partial charge in [0.2, 0.25) is 5.91 Å². The second-order valence-electron chi connectivity index (χ2n) is 7.19. The second-order valence-corrected chi connectivity index (χ2v) is 7.19. The summed E-state index contributed by atoms with van der Waals surface area (Å²) in [6, 6.07) is 6.43. The third-order valence-corrected chi connectivity index (χ3v) is 5.30. The number of aromatic nitrogens is 2. The molecule has 1 aliphatic heterocycles. The average Bonchev–Trinajstić information content (AvgIpc) is 3.07. The predicted molar refractivity (Wildman–Crippen MR) is 91.8 cm³/mol. The maximum Gasteiger partial charge on any atom is 0.224 e. The minimum absolute atomic E-state index is 0.0767. The monoisotopic (exact) mass is 328 g/mol. The van der Waals surface area contributed by atoms with Gasteiger partial charge in [-0.2, -0.15) is 0 Å². The summed E-state index contributed by atoms with van der Waals surface area (Å²) in [6.45, 7) is 2.74. The third-order valence-electron chi connectivity index (χ3n) is 5.30. The Labute approximate surface area is 141 Å². The Bertz CT molecular complexity index is 769. The molecule has 1 amide bonds. The fraction of sp³-hybridized carbons (Fsp3) is 0.556. The molecule has 2 heterocycles. The minimum atomic E-state index is 0.0767. The maximum atomic E-state index is 12.5. The first-order valence-corrected chi connectivity index (χ1v) is 8.55. The highest BCUT2D eigenvalue weighted by atomic mass is 16.5. The third kappa shape index (κ3) is 2.59. The molecule has 1 aliphatic carbocycles. The van der Waals surface area contributed by atoms with Gasteiger partial charge in [0.15, 0.2) is 0 Å². The number of nitrogens with one attached hydrogen (secondary N) is 2. The lowest BCUT2D eigenvalue weighted by Crippen LogP contribution is -2.69. The van der Waals surface area contributed by atoms with Gasteiger partial charge in [0.25, 0.3) is 0 Å². The topological polar surface area (TPSA) is 70.2 Å². The van der Waals surface area contributed by atoms with Crippen LogP contribution in [0.4, 0.5) is 0 Å². The zero-order chi connectivity index (χ0) is 16.8. The molecule has 2 fully saturated rings. The molecule has 4 rings (SSSR count). The highest BCUT2D eigenvalue weighted by Gasteiger charge is 2.55. The van der Waals surface area contributed by atoms with Crippen molar-refractivity contribution in [2.45, 2.75) is 38.0 Å². The molecule has 6 heteroatoms. The van der Waals surface area contributed by atoms with Crippen LogP contribution in [-0.2, 0) is 16.0 Å². The normalized spacial score (nSPS) is 28.8. The Balaban J connectivity index is 1.43. The van der Waals surface area contributed by atoms with Crippen molar-refractivity contribution in [3.63, 3.8) is 0 Å². The van der Waals surface area contributed by atoms with E-state index in [9.17, 15) is 4.79 Å². The Hall–Kier alpha value is -1.92. The molecule has 0 unspecified atom stereocenters. The molecule has 2 aliphatic rings. The van der Waals surface area contributed by atoms with Crippen LogP contribution < -0.4 is 5.32 Å². The number of carbonyl (C=O) groups excluding carboxylic acids is 1. The number of imidazole rings is 1. The van der Waals surface area contributed by atoms with Crippen molar-refractivity contribution in [3.05, 3.63) is 29.6 Å². The van der Waals surface area contributed by atoms with Crippen LogP contribution >= 0.6 is 0 Å². The molecule has 2 N–H and O–H groups in total. The van der Waals surface area contributed by atoms with Gasteiger partial charge < -0.3 is 19.9 Å². The second kappa shape index (κ2) is 5.86. The zero-order valence-electron chi connectivity index (χ0n) is 14.4. The predicted octanol–water partition coefficient (Wildman–Crippen LogP) is 1.25. The van der Waals surface area contributed by atoms with Gasteiger partial charge in [-0.05, 0) is 45.1 Å². The number of aryl methyl sites for hydroxylation is 1. The molecule has 128 valence electrons. The molecule has 1 aromatic heterocycles. The van der Waals surface area contributed by atoms with E-state index in [0.717, 1.165) is 35.4 Å². The summed E-state index contributed by atoms with van der Waals surface area (Å²) >= 11 is 0. The summed E-state index contributed by atoms with van der Waals surface area (Å²) in [5.74, 6) is 1.43. The quantitative estimate of drug-likeness (QED) is 0.886. The average molecular weight is 328 g/mol. The molecular formula is C18H24N4O2. The molecule has 6 nitrogen and oxygen atoms in total. The van der Waals surface area contributed by atoms with Crippen molar-refractivity contribution < 1.29 is 9.53 Å². The minimum Gasteiger partial charge on any atom is -0.376 e. The smallest absolute Gasteiger partial charge is 0.224 e. The van der Waals surface area contributed by atoms with Gasteiger partial charge in [-0.3, -0.25) is 4.79 Å². The number of benzene rings is 1. The van der Waals surface area contributed by atoms with Crippen LogP contribution in [0, 0.1) is 12.8 Å². The highest BCUT2D eigenvalue weighted by molar-refractivity contribution is 5.82. The van der Waals surface area contributed by atoms with Crippen LogP contribution in [-0.4, -0.2) is 59.7 Å². The number of carbonyl (C=O) groups is 1. The Morgan fingerprint density at radius 2 is 2.29 bits per heavy atom. The number of amides is 1. The number of aromatic amines is 1. The largest absolute Gasteiger partial charge is 0.376 e. The molecule has 0 radical (unpaired) electrons. The van der Waals surface area contributed by atoms with Crippen LogP contribution in [0.2, 0.25) is 0 Å². The molecule has 4 atom stereocenters. The van der Waals surface area contributed by atoms with E-state index in [4.69, 9.17) is 4.74 Å². The van der Waals surface area contributed by atoms with Crippen LogP contribution in [0.5, 0.6) is 0 Å². The van der Waals surface area contributed by atoms with Crippen molar-refractivity contribution in [3.8, 4) is 0 Å². The number of H-pyrrole nitrogens is 1. The van der Waals surface area contributed by atoms with Crippen molar-refractivity contribution >= 4 is 16.9 Å². The van der Waals surface area contributed by atoms with Crippen LogP contribution in [0.15, 0.2) is 18.2 Å². The highest BCUT2D eigenvalue weighted by Crippen LogP contribution is 2.41. The fourth-order valence-corrected chi connectivity index (χ4v) is 4.20. The van der Waals surface area contributed by atoms with Crippen molar-refractivity contribution in [1.29, 1.82) is 0 Å². The van der Waals surface area contributed by atoms with Crippen molar-refractivity contribution in [2.75, 3.05) is 20.7 Å². The summed E-state index contributed by atoms with van der Waals surface area (Å²) in [5.41, 5.74) is 2.93. The summed E-state index contributed by atoms with van der Waals surface area (Å²) in [7, 11) is 4.10. The van der Waals surface area contributed by atoms with Crippen LogP contribution in [0.25, 0.3) is 11.0 Å². The van der Waals surface area contributed by atoms with E-state index in [1.807, 2.05) is 25.1 Å². The summed E-state index contributed by atoms with van der Waals surface area (Å²) in [6.07, 6.45) is 1.71. The number of fused-ring (bicyclic) bond motifs is 2. The fourth-order valence-electron chi connectivity index (χ4n) is 4.20. The molecular weight excluding hydrogens is 304 g/mol. The van der Waals surface area contributed by atoms with Gasteiger partial charge in [-0.15, -0.1) is 0 Å². The van der Waals surface area contributed by atoms with Gasteiger partial charge in [-0.25, -0.2) is 4.98 Å². The molecule has 1 aromatic carbocycles. The molecule has 0 bridgehead atoms. The lowest BCUT2D eigenvalue weighted by atomic mass is 9.71. The van der Waals surface area contributed by atoms with Crippen LogP contribution in [0.3, 0.4) is 0 Å².